The number of anilines is 1. The second kappa shape index (κ2) is 5.41. The molecule has 0 bridgehead atoms. The molecule has 1 rings (SSSR count). The van der Waals surface area contributed by atoms with E-state index < -0.39 is 0 Å². The van der Waals surface area contributed by atoms with Crippen LogP contribution >= 0.6 is 0 Å². The van der Waals surface area contributed by atoms with E-state index in [0.717, 1.165) is 11.3 Å². The van der Waals surface area contributed by atoms with Crippen LogP contribution in [0.3, 0.4) is 0 Å². The van der Waals surface area contributed by atoms with Crippen molar-refractivity contribution in [2.24, 2.45) is 0 Å². The van der Waals surface area contributed by atoms with Crippen LogP contribution in [0.2, 0.25) is 0 Å². The fourth-order valence-electron chi connectivity index (χ4n) is 0.740. The van der Waals surface area contributed by atoms with Gasteiger partial charge >= 0.3 is 0 Å². The lowest BCUT2D eigenvalue weighted by molar-refractivity contribution is 0.411. The van der Waals surface area contributed by atoms with Crippen LogP contribution in [0, 0.1) is 6.92 Å². The maximum absolute atomic E-state index is 5.41. The largest absolute Gasteiger partial charge is 0.496 e. The Morgan fingerprint density at radius 2 is 2.00 bits per heavy atom. The lowest BCUT2D eigenvalue weighted by Gasteiger charge is -2.02. The quantitative estimate of drug-likeness (QED) is 0.697. The first-order chi connectivity index (χ1) is 5.74. The Kier molecular flexibility index (Phi) is 4.84. The number of rotatable bonds is 1. The molecule has 3 nitrogen and oxygen atoms in total. The van der Waals surface area contributed by atoms with Gasteiger partial charge in [0, 0.05) is 17.8 Å². The first kappa shape index (κ1) is 10.8. The average Bonchev–Trinajstić information content (AvgIpc) is 2.13. The van der Waals surface area contributed by atoms with Gasteiger partial charge in [-0.1, -0.05) is 13.8 Å². The molecule has 0 spiro atoms. The zero-order valence-corrected chi connectivity index (χ0v) is 8.09. The summed E-state index contributed by atoms with van der Waals surface area (Å²) < 4.78 is 5.01. The number of ether oxygens (including phenoxy) is 1. The molecule has 0 aliphatic carbocycles. The number of aromatic nitrogens is 1. The number of nitrogen functional groups attached to an aromatic ring is 1. The number of methoxy groups -OCH3 is 1. The van der Waals surface area contributed by atoms with Gasteiger partial charge in [-0.25, -0.2) is 4.98 Å². The molecular weight excluding hydrogens is 152 g/mol. The molecule has 0 atom stereocenters. The molecule has 2 N–H and O–H groups in total. The van der Waals surface area contributed by atoms with Crippen LogP contribution in [0.1, 0.15) is 19.4 Å². The third-order valence-corrected chi connectivity index (χ3v) is 1.29. The van der Waals surface area contributed by atoms with E-state index in [1.54, 1.807) is 19.4 Å². The van der Waals surface area contributed by atoms with Gasteiger partial charge in [0.2, 0.25) is 0 Å². The van der Waals surface area contributed by atoms with E-state index in [1.165, 1.54) is 0 Å². The number of aryl methyl sites for hydroxylation is 1. The smallest absolute Gasteiger partial charge is 0.127 e. The number of nitrogens with zero attached hydrogens (tertiary/aromatic N) is 1. The summed E-state index contributed by atoms with van der Waals surface area (Å²) in [6.07, 6.45) is 1.69. The van der Waals surface area contributed by atoms with Crippen LogP contribution in [0.5, 0.6) is 5.75 Å². The molecule has 0 unspecified atom stereocenters. The van der Waals surface area contributed by atoms with E-state index in [0.29, 0.717) is 5.82 Å². The van der Waals surface area contributed by atoms with Crippen LogP contribution in [-0.4, -0.2) is 12.1 Å². The second-order valence-corrected chi connectivity index (χ2v) is 2.08. The van der Waals surface area contributed by atoms with Crippen molar-refractivity contribution in [1.82, 2.24) is 4.98 Å². The van der Waals surface area contributed by atoms with Crippen LogP contribution in [0.4, 0.5) is 5.82 Å². The number of hydrogen-bond donors (Lipinski definition) is 1. The molecule has 1 heterocycles. The third-order valence-electron chi connectivity index (χ3n) is 1.29. The lowest BCUT2D eigenvalue weighted by Crippen LogP contribution is -1.93. The lowest BCUT2D eigenvalue weighted by atomic mass is 10.3. The van der Waals surface area contributed by atoms with E-state index in [1.807, 2.05) is 20.8 Å². The molecule has 0 aliphatic heterocycles. The third kappa shape index (κ3) is 2.78. The van der Waals surface area contributed by atoms with Crippen LogP contribution in [0.25, 0.3) is 0 Å². The molecule has 0 radical (unpaired) electrons. The van der Waals surface area contributed by atoms with Crippen molar-refractivity contribution in [3.63, 3.8) is 0 Å². The number of nitrogens with two attached hydrogens (primary N) is 1. The molecule has 0 aromatic carbocycles. The van der Waals surface area contributed by atoms with E-state index in [-0.39, 0.29) is 0 Å². The van der Waals surface area contributed by atoms with Gasteiger partial charge in [0.1, 0.15) is 11.6 Å². The Morgan fingerprint density at radius 3 is 2.42 bits per heavy atom. The van der Waals surface area contributed by atoms with Crippen LogP contribution in [0.15, 0.2) is 12.3 Å². The van der Waals surface area contributed by atoms with Crippen LogP contribution < -0.4 is 10.5 Å². The second-order valence-electron chi connectivity index (χ2n) is 2.08. The highest BCUT2D eigenvalue weighted by molar-refractivity contribution is 5.40. The summed E-state index contributed by atoms with van der Waals surface area (Å²) in [5.41, 5.74) is 6.41. The zero-order valence-electron chi connectivity index (χ0n) is 8.09. The normalized spacial score (nSPS) is 8.33. The van der Waals surface area contributed by atoms with Gasteiger partial charge in [-0.15, -0.1) is 0 Å². The first-order valence-electron chi connectivity index (χ1n) is 4.00. The van der Waals surface area contributed by atoms with E-state index in [9.17, 15) is 0 Å². The minimum absolute atomic E-state index is 0.488. The molecule has 1 aromatic heterocycles. The minimum Gasteiger partial charge on any atom is -0.496 e. The summed E-state index contributed by atoms with van der Waals surface area (Å²) in [4.78, 5) is 3.89. The Bertz CT molecular complexity index is 236. The van der Waals surface area contributed by atoms with Gasteiger partial charge in [0.05, 0.1) is 7.11 Å². The highest BCUT2D eigenvalue weighted by Gasteiger charge is 1.96. The summed E-state index contributed by atoms with van der Waals surface area (Å²) in [5, 5.41) is 0. The topological polar surface area (TPSA) is 48.1 Å². The fourth-order valence-corrected chi connectivity index (χ4v) is 0.740. The van der Waals surface area contributed by atoms with Crippen molar-refractivity contribution >= 4 is 5.82 Å². The standard InChI is InChI=1S/C7H10N2O.C2H6/c1-5-4-9-7(8)3-6(5)10-2;1-2/h3-4H,1-2H3,(H2,8,9);1-2H3. The van der Waals surface area contributed by atoms with E-state index >= 15 is 0 Å². The predicted molar refractivity (Wildman–Crippen MR) is 51.3 cm³/mol. The van der Waals surface area contributed by atoms with Crippen molar-refractivity contribution in [2.45, 2.75) is 20.8 Å². The molecule has 68 valence electrons. The Hall–Kier alpha value is -1.25. The Morgan fingerprint density at radius 1 is 1.42 bits per heavy atom. The van der Waals surface area contributed by atoms with Gasteiger partial charge in [-0.2, -0.15) is 0 Å². The maximum Gasteiger partial charge on any atom is 0.127 e. The van der Waals surface area contributed by atoms with E-state index in [4.69, 9.17) is 10.5 Å². The Balaban J connectivity index is 0.000000561. The van der Waals surface area contributed by atoms with Gasteiger partial charge in [0.15, 0.2) is 0 Å². The molecule has 12 heavy (non-hydrogen) atoms. The van der Waals surface area contributed by atoms with Crippen molar-refractivity contribution in [3.05, 3.63) is 17.8 Å². The molecule has 0 amide bonds. The first-order valence-corrected chi connectivity index (χ1v) is 4.00. The molecule has 0 fully saturated rings. The fraction of sp³-hybridized carbons (Fsp3) is 0.444. The maximum atomic E-state index is 5.41. The van der Waals surface area contributed by atoms with Gasteiger partial charge in [0.25, 0.3) is 0 Å². The predicted octanol–water partition coefficient (Wildman–Crippen LogP) is 2.01. The Labute approximate surface area is 73.6 Å². The summed E-state index contributed by atoms with van der Waals surface area (Å²) in [6, 6.07) is 1.70. The van der Waals surface area contributed by atoms with Gasteiger partial charge in [-0.05, 0) is 6.92 Å². The van der Waals surface area contributed by atoms with Crippen molar-refractivity contribution in [2.75, 3.05) is 12.8 Å². The molecule has 0 saturated heterocycles. The number of pyridine rings is 1. The van der Waals surface area contributed by atoms with Gasteiger partial charge in [-0.3, -0.25) is 0 Å². The zero-order chi connectivity index (χ0) is 9.56. The summed E-state index contributed by atoms with van der Waals surface area (Å²) in [7, 11) is 1.61. The summed E-state index contributed by atoms with van der Waals surface area (Å²) in [6.45, 7) is 5.92. The molecule has 1 aromatic rings. The van der Waals surface area contributed by atoms with Crippen LogP contribution in [-0.2, 0) is 0 Å². The summed E-state index contributed by atoms with van der Waals surface area (Å²) >= 11 is 0. The molecule has 3 heteroatoms. The van der Waals surface area contributed by atoms with Crippen molar-refractivity contribution < 1.29 is 4.74 Å². The molecule has 0 aliphatic rings. The highest BCUT2D eigenvalue weighted by atomic mass is 16.5. The molecule has 0 saturated carbocycles. The van der Waals surface area contributed by atoms with E-state index in [2.05, 4.69) is 4.98 Å². The average molecular weight is 168 g/mol. The summed E-state index contributed by atoms with van der Waals surface area (Å²) in [5.74, 6) is 1.27. The monoisotopic (exact) mass is 168 g/mol. The number of hydrogen-bond acceptors (Lipinski definition) is 3. The highest BCUT2D eigenvalue weighted by Crippen LogP contribution is 2.17. The molecular formula is C9H16N2O. The SMILES string of the molecule is CC.COc1cc(N)ncc1C. The minimum atomic E-state index is 0.488. The van der Waals surface area contributed by atoms with Crippen molar-refractivity contribution in [3.8, 4) is 5.75 Å². The van der Waals surface area contributed by atoms with Gasteiger partial charge < -0.3 is 10.5 Å². The van der Waals surface area contributed by atoms with Crippen molar-refractivity contribution in [1.29, 1.82) is 0 Å².